The van der Waals surface area contributed by atoms with Gasteiger partial charge in [0.25, 0.3) is 0 Å². The lowest BCUT2D eigenvalue weighted by Gasteiger charge is -2.29. The number of pyridine rings is 1. The number of rotatable bonds is 5. The maximum absolute atomic E-state index is 13.4. The van der Waals surface area contributed by atoms with E-state index in [1.165, 1.54) is 30.5 Å². The number of nitrogens with zero attached hydrogens (tertiary/aromatic N) is 4. The van der Waals surface area contributed by atoms with Crippen molar-refractivity contribution in [2.45, 2.75) is 0 Å². The second kappa shape index (κ2) is 8.60. The van der Waals surface area contributed by atoms with E-state index in [1.54, 1.807) is 12.4 Å². The highest BCUT2D eigenvalue weighted by atomic mass is 35.5. The molecule has 1 aromatic carbocycles. The molecule has 0 amide bonds. The Morgan fingerprint density at radius 2 is 2.00 bits per heavy atom. The molecular weight excluding hydrogens is 413 g/mol. The fraction of sp³-hybridized carbons (Fsp3) is 0.200. The monoisotopic (exact) mass is 429 g/mol. The Hall–Kier alpha value is -3.30. The van der Waals surface area contributed by atoms with E-state index in [2.05, 4.69) is 20.3 Å². The van der Waals surface area contributed by atoms with Gasteiger partial charge >= 0.3 is 5.97 Å². The summed E-state index contributed by atoms with van der Waals surface area (Å²) in [5.41, 5.74) is 1.85. The normalized spacial score (nSPS) is 13.9. The van der Waals surface area contributed by atoms with Gasteiger partial charge in [-0.15, -0.1) is 0 Å². The largest absolute Gasteiger partial charge is 0.478 e. The Morgan fingerprint density at radius 3 is 2.73 bits per heavy atom. The van der Waals surface area contributed by atoms with Crippen LogP contribution < -0.4 is 10.2 Å². The molecule has 30 heavy (non-hydrogen) atoms. The summed E-state index contributed by atoms with van der Waals surface area (Å²) in [6.07, 6.45) is 4.46. The Kier molecular flexibility index (Phi) is 5.73. The van der Waals surface area contributed by atoms with Gasteiger partial charge in [-0.25, -0.2) is 14.2 Å². The summed E-state index contributed by atoms with van der Waals surface area (Å²) in [5, 5.41) is 12.3. The van der Waals surface area contributed by atoms with E-state index in [-0.39, 0.29) is 10.6 Å². The highest BCUT2D eigenvalue weighted by Crippen LogP contribution is 2.31. The molecule has 8 nitrogen and oxygen atoms in total. The van der Waals surface area contributed by atoms with Crippen LogP contribution in [0.15, 0.2) is 42.9 Å². The van der Waals surface area contributed by atoms with Crippen molar-refractivity contribution in [2.75, 3.05) is 36.5 Å². The predicted octanol–water partition coefficient (Wildman–Crippen LogP) is 3.61. The van der Waals surface area contributed by atoms with Crippen molar-refractivity contribution in [3.05, 3.63) is 59.3 Å². The van der Waals surface area contributed by atoms with Crippen molar-refractivity contribution in [3.8, 4) is 11.1 Å². The molecule has 2 N–H and O–H groups in total. The lowest BCUT2D eigenvalue weighted by atomic mass is 10.1. The van der Waals surface area contributed by atoms with Gasteiger partial charge in [-0.3, -0.25) is 4.98 Å². The van der Waals surface area contributed by atoms with Crippen molar-refractivity contribution in [1.82, 2.24) is 15.0 Å². The van der Waals surface area contributed by atoms with E-state index < -0.39 is 11.8 Å². The predicted molar refractivity (Wildman–Crippen MR) is 110 cm³/mol. The van der Waals surface area contributed by atoms with Crippen molar-refractivity contribution in [3.63, 3.8) is 0 Å². The molecule has 1 aliphatic heterocycles. The zero-order valence-electron chi connectivity index (χ0n) is 15.7. The molecule has 2 aromatic heterocycles. The first-order valence-corrected chi connectivity index (χ1v) is 9.49. The van der Waals surface area contributed by atoms with Gasteiger partial charge in [-0.05, 0) is 24.3 Å². The van der Waals surface area contributed by atoms with E-state index in [9.17, 15) is 14.3 Å². The van der Waals surface area contributed by atoms with Crippen LogP contribution in [-0.2, 0) is 4.74 Å². The molecule has 154 valence electrons. The fourth-order valence-corrected chi connectivity index (χ4v) is 3.24. The van der Waals surface area contributed by atoms with Crippen molar-refractivity contribution in [2.24, 2.45) is 0 Å². The van der Waals surface area contributed by atoms with Gasteiger partial charge in [-0.2, -0.15) is 4.98 Å². The van der Waals surface area contributed by atoms with Gasteiger partial charge in [0.05, 0.1) is 23.8 Å². The summed E-state index contributed by atoms with van der Waals surface area (Å²) < 4.78 is 18.8. The molecule has 0 unspecified atom stereocenters. The van der Waals surface area contributed by atoms with Crippen LogP contribution in [-0.4, -0.2) is 52.3 Å². The maximum atomic E-state index is 13.4. The van der Waals surface area contributed by atoms with Crippen LogP contribution in [0.5, 0.6) is 0 Å². The molecule has 1 aliphatic rings. The second-order valence-corrected chi connectivity index (χ2v) is 6.96. The van der Waals surface area contributed by atoms with E-state index in [4.69, 9.17) is 16.3 Å². The number of nitrogens with one attached hydrogen (secondary N) is 1. The number of halogens is 2. The maximum Gasteiger partial charge on any atom is 0.337 e. The highest BCUT2D eigenvalue weighted by Gasteiger charge is 2.20. The SMILES string of the molecule is O=C(O)c1cncc(-c2cnc(Nc3ccc(F)c(Cl)c3)nc2N2CCOCC2)c1. The standard InChI is InChI=1S/C20H17ClFN5O3/c21-16-8-14(1-2-17(16)22)25-20-24-11-15(12-7-13(19(28)29)10-23-9-12)18(26-20)27-3-5-30-6-4-27/h1-2,7-11H,3-6H2,(H,28,29)(H,24,25,26). The number of morpholine rings is 1. The van der Waals surface area contributed by atoms with E-state index in [1.807, 2.05) is 4.90 Å². The van der Waals surface area contributed by atoms with Crippen LogP contribution >= 0.6 is 11.6 Å². The Morgan fingerprint density at radius 1 is 1.20 bits per heavy atom. The number of aromatic nitrogens is 3. The Bertz CT molecular complexity index is 1090. The van der Waals surface area contributed by atoms with Crippen molar-refractivity contribution >= 4 is 35.0 Å². The van der Waals surface area contributed by atoms with Crippen LogP contribution in [0.2, 0.25) is 5.02 Å². The van der Waals surface area contributed by atoms with Crippen LogP contribution in [0.25, 0.3) is 11.1 Å². The van der Waals surface area contributed by atoms with Crippen LogP contribution in [0.4, 0.5) is 21.8 Å². The summed E-state index contributed by atoms with van der Waals surface area (Å²) in [5.74, 6) is -0.665. The van der Waals surface area contributed by atoms with Crippen LogP contribution in [0.3, 0.4) is 0 Å². The number of ether oxygens (including phenoxy) is 1. The number of carbonyl (C=O) groups is 1. The molecule has 0 saturated carbocycles. The summed E-state index contributed by atoms with van der Waals surface area (Å²) in [6.45, 7) is 2.34. The molecule has 1 saturated heterocycles. The van der Waals surface area contributed by atoms with E-state index in [0.717, 1.165) is 0 Å². The van der Waals surface area contributed by atoms with E-state index in [0.29, 0.717) is 54.9 Å². The lowest BCUT2D eigenvalue weighted by Crippen LogP contribution is -2.37. The number of anilines is 3. The molecule has 0 radical (unpaired) electrons. The first-order chi connectivity index (χ1) is 14.5. The molecule has 1 fully saturated rings. The van der Waals surface area contributed by atoms with E-state index >= 15 is 0 Å². The molecule has 3 aromatic rings. The third kappa shape index (κ3) is 4.32. The smallest absolute Gasteiger partial charge is 0.337 e. The summed E-state index contributed by atoms with van der Waals surface area (Å²) >= 11 is 5.85. The number of aromatic carboxylic acids is 1. The zero-order chi connectivity index (χ0) is 21.1. The second-order valence-electron chi connectivity index (χ2n) is 6.55. The average Bonchev–Trinajstić information content (AvgIpc) is 2.77. The molecule has 10 heteroatoms. The number of benzene rings is 1. The number of hydrogen-bond donors (Lipinski definition) is 2. The molecule has 0 spiro atoms. The number of hydrogen-bond acceptors (Lipinski definition) is 7. The number of carboxylic acid groups (broad SMARTS) is 1. The summed E-state index contributed by atoms with van der Waals surface area (Å²) in [7, 11) is 0. The minimum absolute atomic E-state index is 0.0124. The molecule has 0 bridgehead atoms. The van der Waals surface area contributed by atoms with Gasteiger partial charge < -0.3 is 20.1 Å². The fourth-order valence-electron chi connectivity index (χ4n) is 3.06. The molecule has 0 aliphatic carbocycles. The average molecular weight is 430 g/mol. The highest BCUT2D eigenvalue weighted by molar-refractivity contribution is 6.31. The van der Waals surface area contributed by atoms with Gasteiger partial charge in [0, 0.05) is 48.5 Å². The lowest BCUT2D eigenvalue weighted by molar-refractivity contribution is 0.0696. The van der Waals surface area contributed by atoms with Gasteiger partial charge in [-0.1, -0.05) is 11.6 Å². The van der Waals surface area contributed by atoms with Gasteiger partial charge in [0.15, 0.2) is 0 Å². The first kappa shape index (κ1) is 20.0. The first-order valence-electron chi connectivity index (χ1n) is 9.12. The summed E-state index contributed by atoms with van der Waals surface area (Å²) in [6, 6.07) is 5.77. The third-order valence-electron chi connectivity index (χ3n) is 4.55. The minimum atomic E-state index is -1.07. The minimum Gasteiger partial charge on any atom is -0.478 e. The molecule has 4 rings (SSSR count). The molecule has 0 atom stereocenters. The van der Waals surface area contributed by atoms with Gasteiger partial charge in [0.1, 0.15) is 11.6 Å². The Balaban J connectivity index is 1.73. The third-order valence-corrected chi connectivity index (χ3v) is 4.84. The van der Waals surface area contributed by atoms with Crippen LogP contribution in [0, 0.1) is 5.82 Å². The van der Waals surface area contributed by atoms with Gasteiger partial charge in [0.2, 0.25) is 5.95 Å². The quantitative estimate of drug-likeness (QED) is 0.634. The summed E-state index contributed by atoms with van der Waals surface area (Å²) in [4.78, 5) is 26.4. The van der Waals surface area contributed by atoms with Crippen molar-refractivity contribution < 1.29 is 19.0 Å². The topological polar surface area (TPSA) is 100 Å². The number of carboxylic acids is 1. The molecule has 3 heterocycles. The Labute approximate surface area is 176 Å². The molecular formula is C20H17ClFN5O3. The van der Waals surface area contributed by atoms with Crippen LogP contribution in [0.1, 0.15) is 10.4 Å². The zero-order valence-corrected chi connectivity index (χ0v) is 16.4. The van der Waals surface area contributed by atoms with Crippen molar-refractivity contribution in [1.29, 1.82) is 0 Å².